The van der Waals surface area contributed by atoms with Crippen molar-refractivity contribution in [1.29, 1.82) is 0 Å². The third kappa shape index (κ3) is 5.07. The molecule has 0 aromatic heterocycles. The first-order valence-corrected chi connectivity index (χ1v) is 4.53. The molecular weight excluding hydrogens is 146 g/mol. The molecule has 2 heteroatoms. The highest BCUT2D eigenvalue weighted by molar-refractivity contribution is 6.18. The summed E-state index contributed by atoms with van der Waals surface area (Å²) in [6.07, 6.45) is 1.12. The summed E-state index contributed by atoms with van der Waals surface area (Å²) >= 11 is 5.69. The molecule has 0 aromatic carbocycles. The van der Waals surface area contributed by atoms with Gasteiger partial charge in [0.15, 0.2) is 0 Å². The first-order valence-electron chi connectivity index (χ1n) is 4.00. The van der Waals surface area contributed by atoms with Gasteiger partial charge in [0.05, 0.1) is 0 Å². The highest BCUT2D eigenvalue weighted by Gasteiger charge is 2.02. The standard InChI is InChI=1S/C8H18ClN/c1-4-8(5-9)10-6-7(2)3/h7-8,10H,4-6H2,1-3H3. The molecule has 0 fully saturated rings. The molecule has 1 nitrogen and oxygen atoms in total. The quantitative estimate of drug-likeness (QED) is 0.614. The molecule has 0 aliphatic carbocycles. The van der Waals surface area contributed by atoms with Crippen LogP contribution in [0.2, 0.25) is 0 Å². The fourth-order valence-corrected chi connectivity index (χ4v) is 1.04. The van der Waals surface area contributed by atoms with Crippen molar-refractivity contribution in [3.63, 3.8) is 0 Å². The molecule has 0 rings (SSSR count). The van der Waals surface area contributed by atoms with Crippen LogP contribution in [0.4, 0.5) is 0 Å². The molecule has 0 amide bonds. The van der Waals surface area contributed by atoms with Gasteiger partial charge in [0, 0.05) is 11.9 Å². The van der Waals surface area contributed by atoms with E-state index in [1.165, 1.54) is 0 Å². The molecule has 0 radical (unpaired) electrons. The van der Waals surface area contributed by atoms with Gasteiger partial charge in [-0.3, -0.25) is 0 Å². The van der Waals surface area contributed by atoms with E-state index in [1.54, 1.807) is 0 Å². The van der Waals surface area contributed by atoms with Gasteiger partial charge < -0.3 is 5.32 Å². The maximum atomic E-state index is 5.69. The number of alkyl halides is 1. The number of hydrogen-bond donors (Lipinski definition) is 1. The van der Waals surface area contributed by atoms with Crippen LogP contribution in [-0.4, -0.2) is 18.5 Å². The van der Waals surface area contributed by atoms with E-state index in [1.807, 2.05) is 0 Å². The first kappa shape index (κ1) is 10.2. The summed E-state index contributed by atoms with van der Waals surface area (Å²) < 4.78 is 0. The van der Waals surface area contributed by atoms with Gasteiger partial charge >= 0.3 is 0 Å². The van der Waals surface area contributed by atoms with Crippen molar-refractivity contribution >= 4 is 11.6 Å². The topological polar surface area (TPSA) is 12.0 Å². The summed E-state index contributed by atoms with van der Waals surface area (Å²) in [5, 5.41) is 3.39. The molecule has 1 atom stereocenters. The van der Waals surface area contributed by atoms with Crippen molar-refractivity contribution in [2.45, 2.75) is 33.2 Å². The van der Waals surface area contributed by atoms with Crippen LogP contribution in [0.1, 0.15) is 27.2 Å². The number of nitrogens with one attached hydrogen (secondary N) is 1. The Labute approximate surface area is 69.1 Å². The maximum absolute atomic E-state index is 5.69. The van der Waals surface area contributed by atoms with Crippen LogP contribution in [0.15, 0.2) is 0 Å². The van der Waals surface area contributed by atoms with Crippen LogP contribution in [0.3, 0.4) is 0 Å². The molecule has 10 heavy (non-hydrogen) atoms. The largest absolute Gasteiger partial charge is 0.313 e. The van der Waals surface area contributed by atoms with Crippen molar-refractivity contribution in [2.75, 3.05) is 12.4 Å². The Hall–Kier alpha value is 0.250. The second-order valence-electron chi connectivity index (χ2n) is 3.06. The molecular formula is C8H18ClN. The Bertz CT molecular complexity index is 69.7. The molecule has 0 aromatic rings. The Kier molecular flexibility index (Phi) is 6.14. The fourth-order valence-electron chi connectivity index (χ4n) is 0.710. The van der Waals surface area contributed by atoms with Crippen molar-refractivity contribution in [3.05, 3.63) is 0 Å². The van der Waals surface area contributed by atoms with E-state index >= 15 is 0 Å². The van der Waals surface area contributed by atoms with Gasteiger partial charge in [0.1, 0.15) is 0 Å². The van der Waals surface area contributed by atoms with Gasteiger partial charge in [-0.05, 0) is 18.9 Å². The zero-order chi connectivity index (χ0) is 7.98. The van der Waals surface area contributed by atoms with Crippen LogP contribution in [0, 0.1) is 5.92 Å². The van der Waals surface area contributed by atoms with Gasteiger partial charge in [-0.2, -0.15) is 0 Å². The normalized spacial score (nSPS) is 14.1. The van der Waals surface area contributed by atoms with Crippen LogP contribution < -0.4 is 5.32 Å². The molecule has 1 unspecified atom stereocenters. The molecule has 0 spiro atoms. The molecule has 62 valence electrons. The van der Waals surface area contributed by atoms with E-state index in [0.717, 1.165) is 24.8 Å². The summed E-state index contributed by atoms with van der Waals surface area (Å²) in [5.41, 5.74) is 0. The van der Waals surface area contributed by atoms with Gasteiger partial charge in [-0.15, -0.1) is 11.6 Å². The highest BCUT2D eigenvalue weighted by atomic mass is 35.5. The third-order valence-electron chi connectivity index (χ3n) is 1.49. The van der Waals surface area contributed by atoms with E-state index in [2.05, 4.69) is 26.1 Å². The molecule has 0 aliphatic rings. The predicted molar refractivity (Wildman–Crippen MR) is 47.6 cm³/mol. The van der Waals surface area contributed by atoms with Gasteiger partial charge in [-0.1, -0.05) is 20.8 Å². The fraction of sp³-hybridized carbons (Fsp3) is 1.00. The van der Waals surface area contributed by atoms with Crippen molar-refractivity contribution in [2.24, 2.45) is 5.92 Å². The van der Waals surface area contributed by atoms with Gasteiger partial charge in [0.25, 0.3) is 0 Å². The summed E-state index contributed by atoms with van der Waals surface area (Å²) in [6.45, 7) is 7.63. The van der Waals surface area contributed by atoms with E-state index < -0.39 is 0 Å². The lowest BCUT2D eigenvalue weighted by Crippen LogP contribution is -2.32. The number of halogens is 1. The molecule has 1 N–H and O–H groups in total. The van der Waals surface area contributed by atoms with Crippen LogP contribution in [-0.2, 0) is 0 Å². The lowest BCUT2D eigenvalue weighted by molar-refractivity contribution is 0.478. The first-order chi connectivity index (χ1) is 4.70. The second kappa shape index (κ2) is 5.99. The van der Waals surface area contributed by atoms with Crippen molar-refractivity contribution in [3.8, 4) is 0 Å². The second-order valence-corrected chi connectivity index (χ2v) is 3.37. The number of rotatable bonds is 5. The summed E-state index contributed by atoms with van der Waals surface area (Å²) in [7, 11) is 0. The SMILES string of the molecule is CCC(CCl)NCC(C)C. The summed E-state index contributed by atoms with van der Waals surface area (Å²) in [5.74, 6) is 1.45. The minimum Gasteiger partial charge on any atom is -0.313 e. The molecule has 0 bridgehead atoms. The number of hydrogen-bond acceptors (Lipinski definition) is 1. The zero-order valence-corrected chi connectivity index (χ0v) is 7.91. The van der Waals surface area contributed by atoms with Crippen LogP contribution in [0.25, 0.3) is 0 Å². The Morgan fingerprint density at radius 2 is 2.00 bits per heavy atom. The summed E-state index contributed by atoms with van der Waals surface area (Å²) in [4.78, 5) is 0. The van der Waals surface area contributed by atoms with Crippen molar-refractivity contribution in [1.82, 2.24) is 5.32 Å². The minimum absolute atomic E-state index is 0.504. The Morgan fingerprint density at radius 3 is 2.30 bits per heavy atom. The van der Waals surface area contributed by atoms with Crippen LogP contribution >= 0.6 is 11.6 Å². The molecule has 0 aliphatic heterocycles. The molecule has 0 saturated carbocycles. The van der Waals surface area contributed by atoms with Crippen LogP contribution in [0.5, 0.6) is 0 Å². The minimum atomic E-state index is 0.504. The van der Waals surface area contributed by atoms with Gasteiger partial charge in [-0.25, -0.2) is 0 Å². The van der Waals surface area contributed by atoms with E-state index in [0.29, 0.717) is 6.04 Å². The average Bonchev–Trinajstić information content (AvgIpc) is 1.90. The van der Waals surface area contributed by atoms with E-state index in [4.69, 9.17) is 11.6 Å². The zero-order valence-electron chi connectivity index (χ0n) is 7.15. The summed E-state index contributed by atoms with van der Waals surface area (Å²) in [6, 6.07) is 0.504. The predicted octanol–water partition coefficient (Wildman–Crippen LogP) is 2.25. The third-order valence-corrected chi connectivity index (χ3v) is 1.87. The smallest absolute Gasteiger partial charge is 0.0377 e. The lowest BCUT2D eigenvalue weighted by atomic mass is 10.2. The van der Waals surface area contributed by atoms with E-state index in [-0.39, 0.29) is 0 Å². The van der Waals surface area contributed by atoms with Crippen molar-refractivity contribution < 1.29 is 0 Å². The highest BCUT2D eigenvalue weighted by Crippen LogP contribution is 1.95. The monoisotopic (exact) mass is 163 g/mol. The van der Waals surface area contributed by atoms with E-state index in [9.17, 15) is 0 Å². The molecule has 0 heterocycles. The molecule has 0 saturated heterocycles. The Balaban J connectivity index is 3.26. The maximum Gasteiger partial charge on any atom is 0.0377 e. The Morgan fingerprint density at radius 1 is 1.40 bits per heavy atom. The lowest BCUT2D eigenvalue weighted by Gasteiger charge is -2.14. The van der Waals surface area contributed by atoms with Gasteiger partial charge in [0.2, 0.25) is 0 Å². The average molecular weight is 164 g/mol.